The molecule has 0 saturated carbocycles. The zero-order valence-corrected chi connectivity index (χ0v) is 19.0. The Hall–Kier alpha value is -2.96. The zero-order chi connectivity index (χ0) is 22.6. The van der Waals surface area contributed by atoms with Crippen LogP contribution in [0.4, 0.5) is 0 Å². The van der Waals surface area contributed by atoms with Crippen LogP contribution in [0, 0.1) is 0 Å². The first-order valence-corrected chi connectivity index (χ1v) is 12.6. The van der Waals surface area contributed by atoms with Crippen molar-refractivity contribution in [2.24, 2.45) is 0 Å². The molecular formula is C26H28N2O3S. The molecule has 0 aliphatic carbocycles. The summed E-state index contributed by atoms with van der Waals surface area (Å²) in [6, 6.07) is 27.6. The maximum atomic E-state index is 13.5. The lowest BCUT2D eigenvalue weighted by Gasteiger charge is -2.35. The SMILES string of the molecule is CN(Cc1ccc(-c2ccccc2)cc1)C(=O)C(c1ccccc1)N1CCS(=O)(=O)CC1. The van der Waals surface area contributed by atoms with Gasteiger partial charge in [-0.1, -0.05) is 84.9 Å². The fourth-order valence-corrected chi connectivity index (χ4v) is 5.35. The van der Waals surface area contributed by atoms with E-state index in [0.29, 0.717) is 19.6 Å². The minimum Gasteiger partial charge on any atom is -0.340 e. The molecular weight excluding hydrogens is 420 g/mol. The van der Waals surface area contributed by atoms with E-state index in [1.54, 1.807) is 4.90 Å². The number of hydrogen-bond donors (Lipinski definition) is 0. The molecule has 1 unspecified atom stereocenters. The van der Waals surface area contributed by atoms with Crippen LogP contribution in [0.1, 0.15) is 17.2 Å². The molecule has 3 aromatic carbocycles. The van der Waals surface area contributed by atoms with Crippen molar-refractivity contribution in [2.75, 3.05) is 31.6 Å². The quantitative estimate of drug-likeness (QED) is 0.576. The van der Waals surface area contributed by atoms with Crippen molar-refractivity contribution in [3.63, 3.8) is 0 Å². The van der Waals surface area contributed by atoms with E-state index in [1.165, 1.54) is 0 Å². The van der Waals surface area contributed by atoms with Crippen molar-refractivity contribution < 1.29 is 13.2 Å². The van der Waals surface area contributed by atoms with Gasteiger partial charge in [-0.2, -0.15) is 0 Å². The first-order valence-electron chi connectivity index (χ1n) is 10.8. The van der Waals surface area contributed by atoms with Gasteiger partial charge in [-0.25, -0.2) is 8.42 Å². The lowest BCUT2D eigenvalue weighted by Crippen LogP contribution is -2.47. The molecule has 32 heavy (non-hydrogen) atoms. The number of nitrogens with zero attached hydrogens (tertiary/aromatic N) is 2. The summed E-state index contributed by atoms with van der Waals surface area (Å²) in [7, 11) is -1.21. The Morgan fingerprint density at radius 2 is 1.38 bits per heavy atom. The van der Waals surface area contributed by atoms with Crippen LogP contribution in [0.15, 0.2) is 84.9 Å². The fraction of sp³-hybridized carbons (Fsp3) is 0.269. The summed E-state index contributed by atoms with van der Waals surface area (Å²) in [6.07, 6.45) is 0. The van der Waals surface area contributed by atoms with E-state index in [9.17, 15) is 13.2 Å². The minimum absolute atomic E-state index is 0.0253. The normalized spacial score (nSPS) is 16.9. The monoisotopic (exact) mass is 448 g/mol. The van der Waals surface area contributed by atoms with Gasteiger partial charge in [-0.3, -0.25) is 9.69 Å². The fourth-order valence-electron chi connectivity index (χ4n) is 4.12. The van der Waals surface area contributed by atoms with E-state index in [1.807, 2.05) is 60.5 Å². The van der Waals surface area contributed by atoms with E-state index >= 15 is 0 Å². The van der Waals surface area contributed by atoms with Gasteiger partial charge in [0.05, 0.1) is 11.5 Å². The van der Waals surface area contributed by atoms with Gasteiger partial charge in [0, 0.05) is 26.7 Å². The number of rotatable bonds is 6. The second-order valence-corrected chi connectivity index (χ2v) is 10.6. The standard InChI is InChI=1S/C26H28N2O3S/c1-27(20-21-12-14-23(15-13-21)22-8-4-2-5-9-22)26(29)25(24-10-6-3-7-11-24)28-16-18-32(30,31)19-17-28/h2-15,25H,16-20H2,1H3. The van der Waals surface area contributed by atoms with Crippen molar-refractivity contribution in [1.29, 1.82) is 0 Å². The van der Waals surface area contributed by atoms with Crippen LogP contribution in [0.2, 0.25) is 0 Å². The lowest BCUT2D eigenvalue weighted by molar-refractivity contribution is -0.136. The van der Waals surface area contributed by atoms with Crippen LogP contribution in [-0.4, -0.2) is 55.8 Å². The van der Waals surface area contributed by atoms with E-state index in [-0.39, 0.29) is 17.4 Å². The van der Waals surface area contributed by atoms with Gasteiger partial charge in [0.1, 0.15) is 6.04 Å². The van der Waals surface area contributed by atoms with Crippen LogP contribution >= 0.6 is 0 Å². The molecule has 166 valence electrons. The molecule has 4 rings (SSSR count). The zero-order valence-electron chi connectivity index (χ0n) is 18.2. The van der Waals surface area contributed by atoms with Crippen LogP contribution in [-0.2, 0) is 21.2 Å². The van der Waals surface area contributed by atoms with Gasteiger partial charge < -0.3 is 4.90 Å². The number of carbonyl (C=O) groups is 1. The van der Waals surface area contributed by atoms with E-state index in [0.717, 1.165) is 22.3 Å². The third-order valence-electron chi connectivity index (χ3n) is 5.95. The minimum atomic E-state index is -3.02. The molecule has 1 heterocycles. The van der Waals surface area contributed by atoms with E-state index in [4.69, 9.17) is 0 Å². The molecule has 1 saturated heterocycles. The van der Waals surface area contributed by atoms with Crippen molar-refractivity contribution in [3.05, 3.63) is 96.1 Å². The van der Waals surface area contributed by atoms with E-state index in [2.05, 4.69) is 36.4 Å². The number of amides is 1. The Labute approximate surface area is 190 Å². The largest absolute Gasteiger partial charge is 0.340 e. The molecule has 1 amide bonds. The molecule has 1 aliphatic heterocycles. The number of hydrogen-bond acceptors (Lipinski definition) is 4. The highest BCUT2D eigenvalue weighted by atomic mass is 32.2. The molecule has 0 radical (unpaired) electrons. The average molecular weight is 449 g/mol. The molecule has 0 aromatic heterocycles. The third kappa shape index (κ3) is 5.26. The Morgan fingerprint density at radius 1 is 0.844 bits per heavy atom. The Morgan fingerprint density at radius 3 is 1.97 bits per heavy atom. The topological polar surface area (TPSA) is 57.7 Å². The Balaban J connectivity index is 1.50. The number of benzene rings is 3. The first kappa shape index (κ1) is 22.2. The van der Waals surface area contributed by atoms with Crippen LogP contribution in [0.25, 0.3) is 11.1 Å². The number of carbonyl (C=O) groups excluding carboxylic acids is 1. The number of sulfone groups is 1. The van der Waals surface area contributed by atoms with Gasteiger partial charge >= 0.3 is 0 Å². The smallest absolute Gasteiger partial charge is 0.244 e. The van der Waals surface area contributed by atoms with Crippen LogP contribution in [0.3, 0.4) is 0 Å². The molecule has 1 atom stereocenters. The molecule has 1 fully saturated rings. The molecule has 1 aliphatic rings. The highest BCUT2D eigenvalue weighted by Crippen LogP contribution is 2.26. The highest BCUT2D eigenvalue weighted by molar-refractivity contribution is 7.91. The predicted molar refractivity (Wildman–Crippen MR) is 128 cm³/mol. The van der Waals surface area contributed by atoms with Gasteiger partial charge in [-0.05, 0) is 22.3 Å². The summed E-state index contributed by atoms with van der Waals surface area (Å²) in [5.74, 6) is 0.158. The van der Waals surface area contributed by atoms with Crippen LogP contribution < -0.4 is 0 Å². The lowest BCUT2D eigenvalue weighted by atomic mass is 10.0. The third-order valence-corrected chi connectivity index (χ3v) is 7.56. The second kappa shape index (κ2) is 9.67. The molecule has 5 nitrogen and oxygen atoms in total. The molecule has 0 bridgehead atoms. The highest BCUT2D eigenvalue weighted by Gasteiger charge is 2.34. The molecule has 3 aromatic rings. The summed E-state index contributed by atoms with van der Waals surface area (Å²) in [5.41, 5.74) is 4.24. The predicted octanol–water partition coefficient (Wildman–Crippen LogP) is 3.78. The summed E-state index contributed by atoms with van der Waals surface area (Å²) < 4.78 is 23.8. The summed E-state index contributed by atoms with van der Waals surface area (Å²) in [6.45, 7) is 1.23. The summed E-state index contributed by atoms with van der Waals surface area (Å²) in [4.78, 5) is 17.3. The van der Waals surface area contributed by atoms with E-state index < -0.39 is 15.9 Å². The van der Waals surface area contributed by atoms with Crippen molar-refractivity contribution >= 4 is 15.7 Å². The maximum Gasteiger partial charge on any atom is 0.244 e. The Bertz CT molecular complexity index is 1130. The molecule has 0 spiro atoms. The van der Waals surface area contributed by atoms with Gasteiger partial charge in [0.2, 0.25) is 5.91 Å². The molecule has 0 N–H and O–H groups in total. The van der Waals surface area contributed by atoms with Crippen molar-refractivity contribution in [2.45, 2.75) is 12.6 Å². The average Bonchev–Trinajstić information content (AvgIpc) is 2.82. The van der Waals surface area contributed by atoms with Gasteiger partial charge in [-0.15, -0.1) is 0 Å². The van der Waals surface area contributed by atoms with Crippen molar-refractivity contribution in [1.82, 2.24) is 9.80 Å². The van der Waals surface area contributed by atoms with Gasteiger partial charge in [0.25, 0.3) is 0 Å². The van der Waals surface area contributed by atoms with Crippen LogP contribution in [0.5, 0.6) is 0 Å². The Kier molecular flexibility index (Phi) is 6.72. The molecule has 6 heteroatoms. The maximum absolute atomic E-state index is 13.5. The summed E-state index contributed by atoms with van der Waals surface area (Å²) in [5, 5.41) is 0. The first-order chi connectivity index (χ1) is 15.4. The van der Waals surface area contributed by atoms with Crippen molar-refractivity contribution in [3.8, 4) is 11.1 Å². The summed E-state index contributed by atoms with van der Waals surface area (Å²) >= 11 is 0. The second-order valence-electron chi connectivity index (χ2n) is 8.26. The number of likely N-dealkylation sites (N-methyl/N-ethyl adjacent to an activating group) is 1. The van der Waals surface area contributed by atoms with Gasteiger partial charge in [0.15, 0.2) is 9.84 Å².